The quantitative estimate of drug-likeness (QED) is 0.417. The molecule has 0 atom stereocenters. The molecule has 4 heteroatoms. The van der Waals surface area contributed by atoms with E-state index in [2.05, 4.69) is 0 Å². The zero-order chi connectivity index (χ0) is 9.14. The van der Waals surface area contributed by atoms with Crippen LogP contribution in [-0.2, 0) is 6.42 Å². The van der Waals surface area contributed by atoms with Gasteiger partial charge in [0.1, 0.15) is 5.75 Å². The van der Waals surface area contributed by atoms with Crippen molar-refractivity contribution in [2.75, 3.05) is 11.5 Å². The Morgan fingerprint density at radius 1 is 1.42 bits per heavy atom. The van der Waals surface area contributed by atoms with Gasteiger partial charge in [0.15, 0.2) is 0 Å². The Balaban J connectivity index is 3.19. The molecular weight excluding hydrogens is 154 g/mol. The van der Waals surface area contributed by atoms with Crippen molar-refractivity contribution in [3.8, 4) is 11.8 Å². The molecule has 5 N–H and O–H groups in total. The number of nitrogens with zero attached hydrogens (tertiary/aromatic N) is 1. The zero-order valence-corrected chi connectivity index (χ0v) is 6.41. The third-order valence-electron chi connectivity index (χ3n) is 1.60. The van der Waals surface area contributed by atoms with Gasteiger partial charge in [-0.2, -0.15) is 5.26 Å². The molecule has 0 bridgehead atoms. The van der Waals surface area contributed by atoms with Crippen LogP contribution in [0.25, 0.3) is 0 Å². The molecule has 0 heterocycles. The summed E-state index contributed by atoms with van der Waals surface area (Å²) in [5, 5.41) is 17.7. The van der Waals surface area contributed by atoms with E-state index in [9.17, 15) is 5.11 Å². The first kappa shape index (κ1) is 8.21. The molecule has 1 aromatic carbocycles. The van der Waals surface area contributed by atoms with Crippen LogP contribution >= 0.6 is 0 Å². The van der Waals surface area contributed by atoms with Gasteiger partial charge in [-0.25, -0.2) is 0 Å². The van der Waals surface area contributed by atoms with Crippen LogP contribution in [0, 0.1) is 11.3 Å². The fourth-order valence-electron chi connectivity index (χ4n) is 0.897. The highest BCUT2D eigenvalue weighted by Crippen LogP contribution is 2.30. The molecule has 0 unspecified atom stereocenters. The number of nitrogen functional groups attached to an aromatic ring is 2. The van der Waals surface area contributed by atoms with Crippen LogP contribution < -0.4 is 11.5 Å². The highest BCUT2D eigenvalue weighted by atomic mass is 16.3. The molecule has 0 radical (unpaired) electrons. The van der Waals surface area contributed by atoms with Crippen LogP contribution in [0.2, 0.25) is 0 Å². The van der Waals surface area contributed by atoms with Gasteiger partial charge in [-0.3, -0.25) is 0 Å². The van der Waals surface area contributed by atoms with Crippen LogP contribution in [0.4, 0.5) is 11.4 Å². The minimum absolute atomic E-state index is 0.0865. The molecule has 0 aromatic heterocycles. The van der Waals surface area contributed by atoms with Crippen LogP contribution in [0.15, 0.2) is 12.1 Å². The van der Waals surface area contributed by atoms with E-state index in [0.29, 0.717) is 11.3 Å². The summed E-state index contributed by atoms with van der Waals surface area (Å²) < 4.78 is 0. The lowest BCUT2D eigenvalue weighted by Crippen LogP contribution is -1.96. The first-order valence-electron chi connectivity index (χ1n) is 3.39. The molecule has 62 valence electrons. The SMILES string of the molecule is N#CCc1ccc(N)c(N)c1O. The lowest BCUT2D eigenvalue weighted by atomic mass is 10.1. The first-order valence-corrected chi connectivity index (χ1v) is 3.39. The van der Waals surface area contributed by atoms with Crippen LogP contribution in [0.3, 0.4) is 0 Å². The Labute approximate surface area is 70.0 Å². The van der Waals surface area contributed by atoms with Gasteiger partial charge in [0.05, 0.1) is 23.9 Å². The van der Waals surface area contributed by atoms with E-state index in [1.807, 2.05) is 6.07 Å². The Kier molecular flexibility index (Phi) is 2.06. The molecule has 0 saturated carbocycles. The number of hydrogen-bond donors (Lipinski definition) is 3. The zero-order valence-electron chi connectivity index (χ0n) is 6.41. The summed E-state index contributed by atoms with van der Waals surface area (Å²) in [6.45, 7) is 0. The van der Waals surface area contributed by atoms with Gasteiger partial charge in [-0.05, 0) is 6.07 Å². The second kappa shape index (κ2) is 3.01. The predicted octanol–water partition coefficient (Wildman–Crippen LogP) is 0.623. The van der Waals surface area contributed by atoms with E-state index in [-0.39, 0.29) is 17.9 Å². The smallest absolute Gasteiger partial charge is 0.144 e. The van der Waals surface area contributed by atoms with Gasteiger partial charge in [0.25, 0.3) is 0 Å². The van der Waals surface area contributed by atoms with E-state index in [1.165, 1.54) is 0 Å². The van der Waals surface area contributed by atoms with Gasteiger partial charge < -0.3 is 16.6 Å². The van der Waals surface area contributed by atoms with Crippen molar-refractivity contribution in [3.05, 3.63) is 17.7 Å². The highest BCUT2D eigenvalue weighted by Gasteiger charge is 2.06. The largest absolute Gasteiger partial charge is 0.505 e. The number of aromatic hydroxyl groups is 1. The second-order valence-corrected chi connectivity index (χ2v) is 2.41. The summed E-state index contributed by atoms with van der Waals surface area (Å²) in [7, 11) is 0. The van der Waals surface area contributed by atoms with E-state index in [0.717, 1.165) is 0 Å². The molecule has 0 amide bonds. The van der Waals surface area contributed by atoms with Gasteiger partial charge >= 0.3 is 0 Å². The minimum atomic E-state index is -0.0865. The van der Waals surface area contributed by atoms with Crippen molar-refractivity contribution < 1.29 is 5.11 Å². The van der Waals surface area contributed by atoms with Crippen LogP contribution in [0.1, 0.15) is 5.56 Å². The predicted molar refractivity (Wildman–Crippen MR) is 46.2 cm³/mol. The van der Waals surface area contributed by atoms with Crippen molar-refractivity contribution >= 4 is 11.4 Å². The topological polar surface area (TPSA) is 96.1 Å². The molecule has 1 aromatic rings. The number of nitriles is 1. The maximum absolute atomic E-state index is 9.35. The van der Waals surface area contributed by atoms with Crippen molar-refractivity contribution in [2.45, 2.75) is 6.42 Å². The van der Waals surface area contributed by atoms with Gasteiger partial charge in [0.2, 0.25) is 0 Å². The lowest BCUT2D eigenvalue weighted by Gasteiger charge is -2.05. The Bertz CT molecular complexity index is 341. The van der Waals surface area contributed by atoms with Crippen LogP contribution in [-0.4, -0.2) is 5.11 Å². The average molecular weight is 163 g/mol. The molecule has 1 rings (SSSR count). The number of benzene rings is 1. The molecule has 12 heavy (non-hydrogen) atoms. The monoisotopic (exact) mass is 163 g/mol. The van der Waals surface area contributed by atoms with E-state index < -0.39 is 0 Å². The standard InChI is InChI=1S/C8H9N3O/c9-4-3-5-1-2-6(10)7(11)8(5)12/h1-2,12H,3,10-11H2. The Hall–Kier alpha value is -1.89. The first-order chi connectivity index (χ1) is 5.66. The van der Waals surface area contributed by atoms with E-state index >= 15 is 0 Å². The molecule has 0 aliphatic rings. The van der Waals surface area contributed by atoms with E-state index in [4.69, 9.17) is 16.7 Å². The van der Waals surface area contributed by atoms with Crippen molar-refractivity contribution in [1.29, 1.82) is 5.26 Å². The number of rotatable bonds is 1. The summed E-state index contributed by atoms with van der Waals surface area (Å²) in [4.78, 5) is 0. The third kappa shape index (κ3) is 1.25. The molecule has 0 spiro atoms. The van der Waals surface area contributed by atoms with Crippen molar-refractivity contribution in [3.63, 3.8) is 0 Å². The maximum atomic E-state index is 9.35. The number of anilines is 2. The van der Waals surface area contributed by atoms with Crippen molar-refractivity contribution in [2.24, 2.45) is 0 Å². The second-order valence-electron chi connectivity index (χ2n) is 2.41. The van der Waals surface area contributed by atoms with Gasteiger partial charge in [-0.1, -0.05) is 6.07 Å². The van der Waals surface area contributed by atoms with Crippen LogP contribution in [0.5, 0.6) is 5.75 Å². The molecule has 0 aliphatic heterocycles. The normalized spacial score (nSPS) is 9.25. The summed E-state index contributed by atoms with van der Waals surface area (Å²) >= 11 is 0. The molecule has 0 saturated heterocycles. The van der Waals surface area contributed by atoms with Gasteiger partial charge in [0, 0.05) is 5.56 Å². The third-order valence-corrected chi connectivity index (χ3v) is 1.60. The number of phenols is 1. The van der Waals surface area contributed by atoms with Crippen molar-refractivity contribution in [1.82, 2.24) is 0 Å². The Morgan fingerprint density at radius 3 is 2.67 bits per heavy atom. The lowest BCUT2D eigenvalue weighted by molar-refractivity contribution is 0.473. The van der Waals surface area contributed by atoms with E-state index in [1.54, 1.807) is 12.1 Å². The fraction of sp³-hybridized carbons (Fsp3) is 0.125. The minimum Gasteiger partial charge on any atom is -0.505 e. The summed E-state index contributed by atoms with van der Waals surface area (Å²) in [6, 6.07) is 5.07. The number of phenolic OH excluding ortho intramolecular Hbond substituents is 1. The Morgan fingerprint density at radius 2 is 2.08 bits per heavy atom. The fourth-order valence-corrected chi connectivity index (χ4v) is 0.897. The number of hydrogen-bond acceptors (Lipinski definition) is 4. The molecular formula is C8H9N3O. The average Bonchev–Trinajstić information content (AvgIpc) is 2.07. The number of nitrogens with two attached hydrogens (primary N) is 2. The molecule has 4 nitrogen and oxygen atoms in total. The summed E-state index contributed by atoms with van der Waals surface area (Å²) in [6.07, 6.45) is 0.135. The maximum Gasteiger partial charge on any atom is 0.144 e. The molecule has 0 fully saturated rings. The molecule has 0 aliphatic carbocycles. The highest BCUT2D eigenvalue weighted by molar-refractivity contribution is 5.72. The summed E-state index contributed by atoms with van der Waals surface area (Å²) in [5.74, 6) is -0.0865. The van der Waals surface area contributed by atoms with Gasteiger partial charge in [-0.15, -0.1) is 0 Å². The summed E-state index contributed by atoms with van der Waals surface area (Å²) in [5.41, 5.74) is 11.8.